The third-order valence-corrected chi connectivity index (χ3v) is 2.29. The Morgan fingerprint density at radius 2 is 1.56 bits per heavy atom. The molecule has 0 saturated heterocycles. The van der Waals surface area contributed by atoms with E-state index in [9.17, 15) is 22.8 Å². The molecule has 98 valence electrons. The smallest absolute Gasteiger partial charge is 0.340 e. The first-order valence-electron chi connectivity index (χ1n) is 5.14. The van der Waals surface area contributed by atoms with Gasteiger partial charge < -0.3 is 5.32 Å². The van der Waals surface area contributed by atoms with Crippen LogP contribution in [0.2, 0.25) is 0 Å². The van der Waals surface area contributed by atoms with Gasteiger partial charge in [0.1, 0.15) is 5.54 Å². The second-order valence-corrected chi connectivity index (χ2v) is 4.27. The lowest BCUT2D eigenvalue weighted by Gasteiger charge is -2.25. The Bertz CT molecular complexity index is 452. The van der Waals surface area contributed by atoms with E-state index in [-0.39, 0.29) is 5.56 Å². The van der Waals surface area contributed by atoms with E-state index in [1.54, 1.807) is 18.2 Å². The summed E-state index contributed by atoms with van der Waals surface area (Å²) in [4.78, 5) is 22.8. The summed E-state index contributed by atoms with van der Waals surface area (Å²) < 4.78 is 36.9. The van der Waals surface area contributed by atoms with Crippen LogP contribution in [-0.4, -0.2) is 23.4 Å². The van der Waals surface area contributed by atoms with Crippen LogP contribution >= 0.6 is 0 Å². The van der Waals surface area contributed by atoms with Gasteiger partial charge in [0.2, 0.25) is 0 Å². The molecule has 0 aliphatic rings. The Kier molecular flexibility index (Phi) is 3.79. The van der Waals surface area contributed by atoms with Gasteiger partial charge in [-0.3, -0.25) is 9.59 Å². The fraction of sp³-hybridized carbons (Fsp3) is 0.333. The number of hydrogen-bond donors (Lipinski definition) is 1. The molecule has 1 rings (SSSR count). The van der Waals surface area contributed by atoms with Crippen molar-refractivity contribution >= 4 is 11.7 Å². The topological polar surface area (TPSA) is 46.2 Å². The quantitative estimate of drug-likeness (QED) is 0.905. The molecule has 1 aromatic rings. The molecule has 18 heavy (non-hydrogen) atoms. The van der Waals surface area contributed by atoms with Crippen LogP contribution in [-0.2, 0) is 4.79 Å². The predicted molar refractivity (Wildman–Crippen MR) is 59.0 cm³/mol. The lowest BCUT2D eigenvalue weighted by Crippen LogP contribution is -2.54. The van der Waals surface area contributed by atoms with E-state index in [2.05, 4.69) is 5.32 Å². The van der Waals surface area contributed by atoms with Gasteiger partial charge in [-0.25, -0.2) is 0 Å². The second kappa shape index (κ2) is 4.80. The fourth-order valence-electron chi connectivity index (χ4n) is 1.36. The Hall–Kier alpha value is -1.85. The monoisotopic (exact) mass is 259 g/mol. The molecule has 0 aliphatic carbocycles. The molecule has 0 radical (unpaired) electrons. The number of carbonyl (C=O) groups excluding carboxylic acids is 2. The van der Waals surface area contributed by atoms with E-state index in [0.717, 1.165) is 13.8 Å². The van der Waals surface area contributed by atoms with Gasteiger partial charge in [-0.1, -0.05) is 18.2 Å². The number of ketones is 1. The van der Waals surface area contributed by atoms with Gasteiger partial charge in [-0.15, -0.1) is 0 Å². The molecule has 1 aromatic carbocycles. The van der Waals surface area contributed by atoms with Gasteiger partial charge in [-0.05, 0) is 26.0 Å². The lowest BCUT2D eigenvalue weighted by atomic mass is 9.98. The summed E-state index contributed by atoms with van der Waals surface area (Å²) >= 11 is 0. The van der Waals surface area contributed by atoms with Crippen molar-refractivity contribution in [2.75, 3.05) is 0 Å². The first-order valence-corrected chi connectivity index (χ1v) is 5.14. The highest BCUT2D eigenvalue weighted by atomic mass is 19.4. The molecule has 0 bridgehead atoms. The highest BCUT2D eigenvalue weighted by Gasteiger charge is 2.48. The summed E-state index contributed by atoms with van der Waals surface area (Å²) in [6.07, 6.45) is -4.98. The molecular formula is C12H12F3NO2. The lowest BCUT2D eigenvalue weighted by molar-refractivity contribution is -0.176. The van der Waals surface area contributed by atoms with Crippen molar-refractivity contribution in [3.05, 3.63) is 35.9 Å². The maximum atomic E-state index is 12.3. The number of halogens is 3. The van der Waals surface area contributed by atoms with Crippen molar-refractivity contribution in [2.45, 2.75) is 25.6 Å². The zero-order chi connectivity index (χ0) is 14.0. The van der Waals surface area contributed by atoms with Crippen LogP contribution < -0.4 is 5.32 Å². The summed E-state index contributed by atoms with van der Waals surface area (Å²) in [5.74, 6) is -2.71. The minimum absolute atomic E-state index is 0.195. The summed E-state index contributed by atoms with van der Waals surface area (Å²) in [5.41, 5.74) is -1.80. The summed E-state index contributed by atoms with van der Waals surface area (Å²) in [5, 5.41) is 2.07. The molecule has 1 amide bonds. The Labute approximate surface area is 102 Å². The maximum absolute atomic E-state index is 12.3. The largest absolute Gasteiger partial charge is 0.452 e. The molecule has 0 spiro atoms. The molecule has 1 N–H and O–H groups in total. The number of Topliss-reactive ketones (excluding diaryl/α,β-unsaturated/α-hetero) is 1. The molecule has 0 unspecified atom stereocenters. The summed E-state index contributed by atoms with van der Waals surface area (Å²) in [6, 6.07) is 7.72. The minimum Gasteiger partial charge on any atom is -0.340 e. The van der Waals surface area contributed by atoms with E-state index in [0.29, 0.717) is 0 Å². The fourth-order valence-corrected chi connectivity index (χ4v) is 1.36. The first kappa shape index (κ1) is 14.2. The van der Waals surface area contributed by atoms with Gasteiger partial charge in [0, 0.05) is 5.56 Å². The third-order valence-electron chi connectivity index (χ3n) is 2.29. The summed E-state index contributed by atoms with van der Waals surface area (Å²) in [6.45, 7) is 2.04. The highest BCUT2D eigenvalue weighted by molar-refractivity contribution is 6.00. The Morgan fingerprint density at radius 3 is 2.00 bits per heavy atom. The highest BCUT2D eigenvalue weighted by Crippen LogP contribution is 2.23. The molecule has 0 aromatic heterocycles. The molecule has 0 heterocycles. The van der Waals surface area contributed by atoms with Crippen molar-refractivity contribution in [1.82, 2.24) is 5.32 Å². The number of hydrogen-bond acceptors (Lipinski definition) is 2. The van der Waals surface area contributed by atoms with Gasteiger partial charge in [-0.2, -0.15) is 13.2 Å². The average molecular weight is 259 g/mol. The van der Waals surface area contributed by atoms with E-state index in [4.69, 9.17) is 0 Å². The van der Waals surface area contributed by atoms with E-state index in [1.807, 2.05) is 0 Å². The Morgan fingerprint density at radius 1 is 1.06 bits per heavy atom. The predicted octanol–water partition coefficient (Wildman–Crippen LogP) is 2.33. The number of amides is 1. The molecule has 3 nitrogen and oxygen atoms in total. The van der Waals surface area contributed by atoms with Gasteiger partial charge >= 0.3 is 6.18 Å². The molecule has 0 fully saturated rings. The maximum Gasteiger partial charge on any atom is 0.452 e. The third kappa shape index (κ3) is 3.32. The number of benzene rings is 1. The zero-order valence-corrected chi connectivity index (χ0v) is 9.84. The zero-order valence-electron chi connectivity index (χ0n) is 9.84. The van der Waals surface area contributed by atoms with E-state index in [1.165, 1.54) is 12.1 Å². The molecule has 6 heteroatoms. The second-order valence-electron chi connectivity index (χ2n) is 4.27. The SMILES string of the molecule is CC(C)(NC(=O)c1ccccc1)C(=O)C(F)(F)F. The van der Waals surface area contributed by atoms with Crippen LogP contribution in [0.1, 0.15) is 24.2 Å². The number of rotatable bonds is 3. The molecule has 0 saturated carbocycles. The van der Waals surface area contributed by atoms with Crippen LogP contribution in [0.15, 0.2) is 30.3 Å². The first-order chi connectivity index (χ1) is 8.14. The van der Waals surface area contributed by atoms with Crippen molar-refractivity contribution in [1.29, 1.82) is 0 Å². The van der Waals surface area contributed by atoms with Crippen molar-refractivity contribution in [2.24, 2.45) is 0 Å². The van der Waals surface area contributed by atoms with Crippen LogP contribution in [0, 0.1) is 0 Å². The van der Waals surface area contributed by atoms with Crippen LogP contribution in [0.25, 0.3) is 0 Å². The molecule has 0 atom stereocenters. The standard InChI is InChI=1S/C12H12F3NO2/c1-11(2,10(18)12(13,14)15)16-9(17)8-6-4-3-5-7-8/h3-7H,1-2H3,(H,16,17). The normalized spacial score (nSPS) is 12.1. The minimum atomic E-state index is -4.98. The van der Waals surface area contributed by atoms with Gasteiger partial charge in [0.05, 0.1) is 0 Å². The van der Waals surface area contributed by atoms with Crippen LogP contribution in [0.5, 0.6) is 0 Å². The number of nitrogens with one attached hydrogen (secondary N) is 1. The summed E-state index contributed by atoms with van der Waals surface area (Å²) in [7, 11) is 0. The van der Waals surface area contributed by atoms with Crippen LogP contribution in [0.3, 0.4) is 0 Å². The van der Waals surface area contributed by atoms with Gasteiger partial charge in [0.15, 0.2) is 0 Å². The van der Waals surface area contributed by atoms with Gasteiger partial charge in [0.25, 0.3) is 11.7 Å². The van der Waals surface area contributed by atoms with Crippen molar-refractivity contribution in [3.63, 3.8) is 0 Å². The Balaban J connectivity index is 2.84. The van der Waals surface area contributed by atoms with Crippen molar-refractivity contribution < 1.29 is 22.8 Å². The molecular weight excluding hydrogens is 247 g/mol. The van der Waals surface area contributed by atoms with Crippen molar-refractivity contribution in [3.8, 4) is 0 Å². The average Bonchev–Trinajstić information content (AvgIpc) is 2.27. The number of alkyl halides is 3. The van der Waals surface area contributed by atoms with E-state index >= 15 is 0 Å². The number of carbonyl (C=O) groups is 2. The van der Waals surface area contributed by atoms with Crippen LogP contribution in [0.4, 0.5) is 13.2 Å². The molecule has 0 aliphatic heterocycles. The van der Waals surface area contributed by atoms with E-state index < -0.39 is 23.4 Å².